The highest BCUT2D eigenvalue weighted by atomic mass is 15.2. The monoisotopic (exact) mass is 852 g/mol. The first-order valence-electron chi connectivity index (χ1n) is 23.2. The lowest BCUT2D eigenvalue weighted by molar-refractivity contribution is 0.768. The Morgan fingerprint density at radius 2 is 0.896 bits per heavy atom. The van der Waals surface area contributed by atoms with Crippen molar-refractivity contribution >= 4 is 49.6 Å². The van der Waals surface area contributed by atoms with Gasteiger partial charge in [0.1, 0.15) is 0 Å². The third-order valence-corrected chi connectivity index (χ3v) is 14.0. The maximum Gasteiger partial charge on any atom is 0.0714 e. The van der Waals surface area contributed by atoms with Crippen molar-refractivity contribution in [1.82, 2.24) is 4.57 Å². The molecule has 1 heterocycles. The summed E-state index contributed by atoms with van der Waals surface area (Å²) < 4.78 is 2.50. The standard InChI is InChI=1S/C65H44N2/c1-6-21-45(22-7-1)47-37-40-53(41-38-47)67-59-42-39-48(46-23-8-2-9-24-46)43-56(59)63-61(44-49-25-16-17-32-54(49)64(63)67)66(52-30-14-5-15-31-52)60-36-20-35-58-62(60)55-33-18-19-34-57(55)65(58,50-26-10-3-11-27-50)51-28-12-4-13-29-51/h1-44H. The van der Waals surface area contributed by atoms with Gasteiger partial charge in [0.2, 0.25) is 0 Å². The van der Waals surface area contributed by atoms with Gasteiger partial charge in [-0.1, -0.05) is 218 Å². The van der Waals surface area contributed by atoms with Gasteiger partial charge < -0.3 is 9.47 Å². The van der Waals surface area contributed by atoms with Crippen LogP contribution in [0.15, 0.2) is 267 Å². The zero-order valence-corrected chi connectivity index (χ0v) is 36.8. The number of hydrogen-bond acceptors (Lipinski definition) is 1. The molecular formula is C65H44N2. The summed E-state index contributed by atoms with van der Waals surface area (Å²) >= 11 is 0. The molecule has 0 radical (unpaired) electrons. The molecule has 0 saturated carbocycles. The van der Waals surface area contributed by atoms with Crippen molar-refractivity contribution < 1.29 is 0 Å². The smallest absolute Gasteiger partial charge is 0.0714 e. The first-order chi connectivity index (χ1) is 33.3. The maximum atomic E-state index is 2.55. The fraction of sp³-hybridized carbons (Fsp3) is 0.0154. The fourth-order valence-electron chi connectivity index (χ4n) is 11.2. The van der Waals surface area contributed by atoms with Crippen LogP contribution in [0.25, 0.3) is 71.6 Å². The molecule has 0 N–H and O–H groups in total. The Balaban J connectivity index is 1.16. The molecule has 12 aromatic rings. The number of anilines is 3. The van der Waals surface area contributed by atoms with Crippen molar-refractivity contribution in [3.63, 3.8) is 0 Å². The number of para-hydroxylation sites is 1. The van der Waals surface area contributed by atoms with Gasteiger partial charge >= 0.3 is 0 Å². The van der Waals surface area contributed by atoms with Crippen molar-refractivity contribution in [3.8, 4) is 39.1 Å². The van der Waals surface area contributed by atoms with Gasteiger partial charge in [-0.15, -0.1) is 0 Å². The second-order valence-electron chi connectivity index (χ2n) is 17.6. The molecule has 67 heavy (non-hydrogen) atoms. The molecule has 1 aliphatic carbocycles. The van der Waals surface area contributed by atoms with Crippen LogP contribution in [-0.4, -0.2) is 4.57 Å². The molecule has 0 unspecified atom stereocenters. The van der Waals surface area contributed by atoms with Gasteiger partial charge in [0.25, 0.3) is 0 Å². The Morgan fingerprint density at radius 1 is 0.358 bits per heavy atom. The molecule has 2 heteroatoms. The predicted octanol–water partition coefficient (Wildman–Crippen LogP) is 17.1. The van der Waals surface area contributed by atoms with Crippen LogP contribution in [0.3, 0.4) is 0 Å². The summed E-state index contributed by atoms with van der Waals surface area (Å²) in [7, 11) is 0. The number of aromatic nitrogens is 1. The molecular weight excluding hydrogens is 809 g/mol. The van der Waals surface area contributed by atoms with E-state index in [2.05, 4.69) is 276 Å². The number of benzene rings is 11. The van der Waals surface area contributed by atoms with E-state index in [4.69, 9.17) is 0 Å². The van der Waals surface area contributed by atoms with E-state index < -0.39 is 5.41 Å². The highest BCUT2D eigenvalue weighted by molar-refractivity contribution is 6.25. The Bertz CT molecular complexity index is 3720. The lowest BCUT2D eigenvalue weighted by Crippen LogP contribution is -2.28. The summed E-state index contributed by atoms with van der Waals surface area (Å²) in [6.07, 6.45) is 0. The van der Waals surface area contributed by atoms with Crippen molar-refractivity contribution in [1.29, 1.82) is 0 Å². The molecule has 2 nitrogen and oxygen atoms in total. The highest BCUT2D eigenvalue weighted by Crippen LogP contribution is 2.60. The topological polar surface area (TPSA) is 8.17 Å². The molecule has 0 amide bonds. The van der Waals surface area contributed by atoms with E-state index in [-0.39, 0.29) is 0 Å². The van der Waals surface area contributed by atoms with Crippen LogP contribution in [0.1, 0.15) is 22.3 Å². The SMILES string of the molecule is c1ccc(-c2ccc(-n3c4ccc(-c5ccccc5)cc4c4c(N(c5ccccc5)c5cccc6c5-c5ccccc5C6(c5ccccc5)c5ccccc5)cc5ccccc5c43)cc2)cc1. The number of hydrogen-bond donors (Lipinski definition) is 0. The lowest BCUT2D eigenvalue weighted by Gasteiger charge is -2.34. The molecule has 11 aromatic carbocycles. The summed E-state index contributed by atoms with van der Waals surface area (Å²) in [5.74, 6) is 0. The molecule has 1 aromatic heterocycles. The Kier molecular flexibility index (Phi) is 9.11. The molecule has 0 saturated heterocycles. The van der Waals surface area contributed by atoms with Gasteiger partial charge in [-0.05, 0) is 104 Å². The number of nitrogens with zero attached hydrogens (tertiary/aromatic N) is 2. The van der Waals surface area contributed by atoms with Gasteiger partial charge in [-0.25, -0.2) is 0 Å². The van der Waals surface area contributed by atoms with E-state index in [1.165, 1.54) is 82.7 Å². The maximum absolute atomic E-state index is 2.55. The van der Waals surface area contributed by atoms with E-state index in [1.807, 2.05) is 0 Å². The molecule has 314 valence electrons. The summed E-state index contributed by atoms with van der Waals surface area (Å²) in [6.45, 7) is 0. The Hall–Kier alpha value is -8.72. The van der Waals surface area contributed by atoms with Gasteiger partial charge in [-0.2, -0.15) is 0 Å². The van der Waals surface area contributed by atoms with Gasteiger partial charge in [0.15, 0.2) is 0 Å². The lowest BCUT2D eigenvalue weighted by atomic mass is 9.68. The average molecular weight is 853 g/mol. The van der Waals surface area contributed by atoms with Crippen molar-refractivity contribution in [2.75, 3.05) is 4.90 Å². The molecule has 0 spiro atoms. The van der Waals surface area contributed by atoms with E-state index in [1.54, 1.807) is 0 Å². The zero-order valence-electron chi connectivity index (χ0n) is 36.8. The summed E-state index contributed by atoms with van der Waals surface area (Å²) in [5, 5.41) is 4.77. The largest absolute Gasteiger partial charge is 0.309 e. The van der Waals surface area contributed by atoms with Gasteiger partial charge in [0.05, 0.1) is 27.8 Å². The minimum atomic E-state index is -0.544. The third-order valence-electron chi connectivity index (χ3n) is 14.0. The minimum Gasteiger partial charge on any atom is -0.309 e. The van der Waals surface area contributed by atoms with Crippen LogP contribution in [0.4, 0.5) is 17.1 Å². The minimum absolute atomic E-state index is 0.544. The van der Waals surface area contributed by atoms with Gasteiger partial charge in [-0.3, -0.25) is 0 Å². The van der Waals surface area contributed by atoms with Crippen LogP contribution in [0.2, 0.25) is 0 Å². The van der Waals surface area contributed by atoms with E-state index in [0.717, 1.165) is 28.3 Å². The fourth-order valence-corrected chi connectivity index (χ4v) is 11.2. The second-order valence-corrected chi connectivity index (χ2v) is 17.6. The average Bonchev–Trinajstić information content (AvgIpc) is 3.92. The van der Waals surface area contributed by atoms with Gasteiger partial charge in [0, 0.05) is 33.1 Å². The molecule has 0 bridgehead atoms. The predicted molar refractivity (Wildman–Crippen MR) is 281 cm³/mol. The number of fused-ring (bicyclic) bond motifs is 8. The number of rotatable bonds is 8. The van der Waals surface area contributed by atoms with Crippen molar-refractivity contribution in [2.45, 2.75) is 5.41 Å². The van der Waals surface area contributed by atoms with E-state index in [0.29, 0.717) is 0 Å². The molecule has 0 fully saturated rings. The van der Waals surface area contributed by atoms with E-state index >= 15 is 0 Å². The summed E-state index contributed by atoms with van der Waals surface area (Å²) in [6, 6.07) is 98.2. The Morgan fingerprint density at radius 3 is 1.58 bits per heavy atom. The molecule has 0 atom stereocenters. The van der Waals surface area contributed by atoms with Crippen LogP contribution in [-0.2, 0) is 5.41 Å². The zero-order chi connectivity index (χ0) is 44.3. The van der Waals surface area contributed by atoms with Crippen LogP contribution in [0.5, 0.6) is 0 Å². The quantitative estimate of drug-likeness (QED) is 0.148. The molecule has 0 aliphatic heterocycles. The summed E-state index contributed by atoms with van der Waals surface area (Å²) in [4.78, 5) is 2.55. The second kappa shape index (κ2) is 15.8. The first-order valence-corrected chi connectivity index (χ1v) is 23.2. The van der Waals surface area contributed by atoms with Crippen LogP contribution >= 0.6 is 0 Å². The third kappa shape index (κ3) is 6.04. The summed E-state index contributed by atoms with van der Waals surface area (Å²) in [5.41, 5.74) is 18.6. The van der Waals surface area contributed by atoms with Crippen LogP contribution < -0.4 is 4.90 Å². The highest BCUT2D eigenvalue weighted by Gasteiger charge is 2.47. The Labute approximate surface area is 390 Å². The van der Waals surface area contributed by atoms with Crippen LogP contribution in [0, 0.1) is 0 Å². The van der Waals surface area contributed by atoms with Crippen molar-refractivity contribution in [3.05, 3.63) is 289 Å². The van der Waals surface area contributed by atoms with Crippen molar-refractivity contribution in [2.24, 2.45) is 0 Å². The molecule has 1 aliphatic rings. The van der Waals surface area contributed by atoms with E-state index in [9.17, 15) is 0 Å². The molecule has 13 rings (SSSR count). The first kappa shape index (κ1) is 38.7. The normalized spacial score (nSPS) is 12.6.